The van der Waals surface area contributed by atoms with Gasteiger partial charge in [-0.25, -0.2) is 4.79 Å². The van der Waals surface area contributed by atoms with Crippen LogP contribution in [0.25, 0.3) is 0 Å². The van der Waals surface area contributed by atoms with Gasteiger partial charge >= 0.3 is 12.1 Å². The fourth-order valence-electron chi connectivity index (χ4n) is 2.17. The lowest BCUT2D eigenvalue weighted by atomic mass is 10.00. The van der Waals surface area contributed by atoms with Crippen LogP contribution < -0.4 is 10.6 Å². The molecule has 0 aliphatic carbocycles. The molecule has 0 bridgehead atoms. The second-order valence-corrected chi connectivity index (χ2v) is 4.77. The predicted octanol–water partition coefficient (Wildman–Crippen LogP) is 1.12. The quantitative estimate of drug-likeness (QED) is 0.768. The first-order valence-electron chi connectivity index (χ1n) is 6.58. The van der Waals surface area contributed by atoms with Crippen molar-refractivity contribution < 1.29 is 19.4 Å². The van der Waals surface area contributed by atoms with Crippen LogP contribution in [0.5, 0.6) is 0 Å². The van der Waals surface area contributed by atoms with Crippen molar-refractivity contribution in [3.8, 4) is 0 Å². The summed E-state index contributed by atoms with van der Waals surface area (Å²) in [5.74, 6) is -0.894. The van der Waals surface area contributed by atoms with Crippen molar-refractivity contribution >= 4 is 12.1 Å². The molecule has 1 aliphatic rings. The van der Waals surface area contributed by atoms with E-state index in [-0.39, 0.29) is 12.6 Å². The van der Waals surface area contributed by atoms with Crippen LogP contribution in [0.1, 0.15) is 18.4 Å². The molecular formula is C14H18N2O4. The Morgan fingerprint density at radius 1 is 1.35 bits per heavy atom. The van der Waals surface area contributed by atoms with Crippen LogP contribution in [-0.2, 0) is 16.1 Å². The van der Waals surface area contributed by atoms with E-state index in [1.165, 1.54) is 0 Å². The average molecular weight is 278 g/mol. The molecular weight excluding hydrogens is 260 g/mol. The standard InChI is InChI=1S/C14H18N2O4/c17-13(18)12-8-11(6-7-15-12)16-14(19)20-9-10-4-2-1-3-5-10/h1-5,11-12,15H,6-9H2,(H,16,19)(H,17,18)/t11-,12+/m1/s1. The van der Waals surface area contributed by atoms with Gasteiger partial charge in [0, 0.05) is 6.04 Å². The van der Waals surface area contributed by atoms with E-state index in [2.05, 4.69) is 10.6 Å². The van der Waals surface area contributed by atoms with Crippen molar-refractivity contribution in [2.75, 3.05) is 6.54 Å². The van der Waals surface area contributed by atoms with Gasteiger partial charge in [0.15, 0.2) is 0 Å². The highest BCUT2D eigenvalue weighted by molar-refractivity contribution is 5.74. The molecule has 1 fully saturated rings. The maximum Gasteiger partial charge on any atom is 0.407 e. The Bertz CT molecular complexity index is 464. The lowest BCUT2D eigenvalue weighted by Crippen LogP contribution is -2.50. The Labute approximate surface area is 117 Å². The summed E-state index contributed by atoms with van der Waals surface area (Å²) in [7, 11) is 0. The molecule has 6 heteroatoms. The fraction of sp³-hybridized carbons (Fsp3) is 0.429. The summed E-state index contributed by atoms with van der Waals surface area (Å²) in [5.41, 5.74) is 0.913. The first-order valence-corrected chi connectivity index (χ1v) is 6.58. The third-order valence-electron chi connectivity index (χ3n) is 3.24. The molecule has 0 saturated carbocycles. The fourth-order valence-corrected chi connectivity index (χ4v) is 2.17. The lowest BCUT2D eigenvalue weighted by Gasteiger charge is -2.28. The smallest absolute Gasteiger partial charge is 0.407 e. The zero-order chi connectivity index (χ0) is 14.4. The largest absolute Gasteiger partial charge is 0.480 e. The van der Waals surface area contributed by atoms with E-state index in [1.807, 2.05) is 30.3 Å². The Hall–Kier alpha value is -2.08. The Balaban J connectivity index is 1.75. The van der Waals surface area contributed by atoms with E-state index < -0.39 is 18.1 Å². The van der Waals surface area contributed by atoms with Gasteiger partial charge in [-0.05, 0) is 24.9 Å². The number of ether oxygens (including phenoxy) is 1. The van der Waals surface area contributed by atoms with Gasteiger partial charge in [-0.15, -0.1) is 0 Å². The van der Waals surface area contributed by atoms with Gasteiger partial charge < -0.3 is 20.5 Å². The Morgan fingerprint density at radius 2 is 2.10 bits per heavy atom. The number of amides is 1. The van der Waals surface area contributed by atoms with Gasteiger partial charge in [-0.3, -0.25) is 4.79 Å². The van der Waals surface area contributed by atoms with E-state index in [4.69, 9.17) is 9.84 Å². The third-order valence-corrected chi connectivity index (χ3v) is 3.24. The first-order chi connectivity index (χ1) is 9.65. The molecule has 0 aromatic heterocycles. The number of carboxylic acids is 1. The van der Waals surface area contributed by atoms with E-state index >= 15 is 0 Å². The van der Waals surface area contributed by atoms with E-state index in [0.717, 1.165) is 5.56 Å². The molecule has 1 saturated heterocycles. The number of carboxylic acid groups (broad SMARTS) is 1. The van der Waals surface area contributed by atoms with Crippen LogP contribution in [0.4, 0.5) is 4.79 Å². The third kappa shape index (κ3) is 4.24. The van der Waals surface area contributed by atoms with E-state index in [0.29, 0.717) is 19.4 Å². The predicted molar refractivity (Wildman–Crippen MR) is 72.2 cm³/mol. The monoisotopic (exact) mass is 278 g/mol. The summed E-state index contributed by atoms with van der Waals surface area (Å²) in [6.07, 6.45) is 0.560. The van der Waals surface area contributed by atoms with Gasteiger partial charge in [0.1, 0.15) is 12.6 Å². The SMILES string of the molecule is O=C(N[C@@H]1CCN[C@H](C(=O)O)C1)OCc1ccccc1. The normalized spacial score (nSPS) is 22.0. The molecule has 6 nitrogen and oxygen atoms in total. The number of rotatable bonds is 4. The van der Waals surface area contributed by atoms with Crippen LogP contribution in [-0.4, -0.2) is 35.8 Å². The maximum absolute atomic E-state index is 11.7. The number of nitrogens with one attached hydrogen (secondary N) is 2. The number of piperidine rings is 1. The average Bonchev–Trinajstić information content (AvgIpc) is 2.46. The van der Waals surface area contributed by atoms with Gasteiger partial charge in [-0.2, -0.15) is 0 Å². The molecule has 20 heavy (non-hydrogen) atoms. The van der Waals surface area contributed by atoms with Crippen LogP contribution in [0.3, 0.4) is 0 Å². The minimum absolute atomic E-state index is 0.166. The summed E-state index contributed by atoms with van der Waals surface area (Å²) < 4.78 is 5.11. The Morgan fingerprint density at radius 3 is 2.80 bits per heavy atom. The highest BCUT2D eigenvalue weighted by atomic mass is 16.5. The molecule has 0 spiro atoms. The molecule has 3 N–H and O–H groups in total. The molecule has 1 aromatic rings. The van der Waals surface area contributed by atoms with Crippen LogP contribution in [0, 0.1) is 0 Å². The zero-order valence-electron chi connectivity index (χ0n) is 11.0. The molecule has 1 amide bonds. The minimum Gasteiger partial charge on any atom is -0.480 e. The van der Waals surface area contributed by atoms with E-state index in [9.17, 15) is 9.59 Å². The van der Waals surface area contributed by atoms with Gasteiger partial charge in [-0.1, -0.05) is 30.3 Å². The lowest BCUT2D eigenvalue weighted by molar-refractivity contribution is -0.140. The number of hydrogen-bond acceptors (Lipinski definition) is 4. The second kappa shape index (κ2) is 6.91. The van der Waals surface area contributed by atoms with Crippen molar-refractivity contribution in [1.29, 1.82) is 0 Å². The van der Waals surface area contributed by atoms with Crippen LogP contribution in [0.2, 0.25) is 0 Å². The molecule has 108 valence electrons. The van der Waals surface area contributed by atoms with Crippen LogP contribution >= 0.6 is 0 Å². The van der Waals surface area contributed by atoms with Crippen molar-refractivity contribution in [2.45, 2.75) is 31.5 Å². The highest BCUT2D eigenvalue weighted by Gasteiger charge is 2.27. The topological polar surface area (TPSA) is 87.7 Å². The number of carbonyl (C=O) groups excluding carboxylic acids is 1. The van der Waals surface area contributed by atoms with Crippen LogP contribution in [0.15, 0.2) is 30.3 Å². The van der Waals surface area contributed by atoms with Crippen molar-refractivity contribution in [3.63, 3.8) is 0 Å². The molecule has 1 heterocycles. The van der Waals surface area contributed by atoms with Crippen molar-refractivity contribution in [3.05, 3.63) is 35.9 Å². The van der Waals surface area contributed by atoms with Gasteiger partial charge in [0.05, 0.1) is 0 Å². The summed E-state index contributed by atoms with van der Waals surface area (Å²) in [6.45, 7) is 0.778. The molecule has 2 atom stereocenters. The van der Waals surface area contributed by atoms with Gasteiger partial charge in [0.25, 0.3) is 0 Å². The molecule has 0 unspecified atom stereocenters. The molecule has 1 aromatic carbocycles. The number of carbonyl (C=O) groups is 2. The zero-order valence-corrected chi connectivity index (χ0v) is 11.0. The molecule has 0 radical (unpaired) electrons. The number of alkyl carbamates (subject to hydrolysis) is 1. The number of benzene rings is 1. The summed E-state index contributed by atoms with van der Waals surface area (Å²) >= 11 is 0. The Kier molecular flexibility index (Phi) is 4.95. The summed E-state index contributed by atoms with van der Waals surface area (Å²) in [4.78, 5) is 22.5. The second-order valence-electron chi connectivity index (χ2n) is 4.77. The molecule has 2 rings (SSSR count). The number of aliphatic carboxylic acids is 1. The maximum atomic E-state index is 11.7. The van der Waals surface area contributed by atoms with E-state index in [1.54, 1.807) is 0 Å². The van der Waals surface area contributed by atoms with Crippen molar-refractivity contribution in [2.24, 2.45) is 0 Å². The summed E-state index contributed by atoms with van der Waals surface area (Å²) in [6, 6.07) is 8.62. The molecule has 1 aliphatic heterocycles. The summed E-state index contributed by atoms with van der Waals surface area (Å²) in [5, 5.41) is 14.5. The number of hydrogen-bond donors (Lipinski definition) is 3. The van der Waals surface area contributed by atoms with Gasteiger partial charge in [0.2, 0.25) is 0 Å². The highest BCUT2D eigenvalue weighted by Crippen LogP contribution is 2.09. The first kappa shape index (κ1) is 14.3. The van der Waals surface area contributed by atoms with Crippen molar-refractivity contribution in [1.82, 2.24) is 10.6 Å². The minimum atomic E-state index is -0.894.